The zero-order chi connectivity index (χ0) is 9.84. The summed E-state index contributed by atoms with van der Waals surface area (Å²) in [5.74, 6) is 0. The molecule has 0 saturated heterocycles. The Labute approximate surface area is 83.5 Å². The van der Waals surface area contributed by atoms with Crippen molar-refractivity contribution in [3.05, 3.63) is 33.5 Å². The van der Waals surface area contributed by atoms with Gasteiger partial charge in [-0.2, -0.15) is 0 Å². The lowest BCUT2D eigenvalue weighted by atomic mass is 10.0. The molecule has 0 unspecified atom stereocenters. The summed E-state index contributed by atoms with van der Waals surface area (Å²) in [5.41, 5.74) is 4.56. The summed E-state index contributed by atoms with van der Waals surface area (Å²) in [5, 5.41) is 11.4. The molecular formula is C10H13ClNO-. The topological polar surface area (TPSA) is 35.1 Å². The number of nitrogens with one attached hydrogen (secondary N) is 1. The fourth-order valence-corrected chi connectivity index (χ4v) is 1.73. The predicted molar refractivity (Wildman–Crippen MR) is 57.2 cm³/mol. The van der Waals surface area contributed by atoms with Crippen LogP contribution in [-0.4, -0.2) is 0 Å². The van der Waals surface area contributed by atoms with E-state index >= 15 is 0 Å². The van der Waals surface area contributed by atoms with Crippen LogP contribution in [-0.2, 0) is 12.8 Å². The van der Waals surface area contributed by atoms with Gasteiger partial charge in [-0.15, -0.1) is 0 Å². The Morgan fingerprint density at radius 1 is 1.31 bits per heavy atom. The first-order valence-electron chi connectivity index (χ1n) is 4.43. The van der Waals surface area contributed by atoms with Gasteiger partial charge in [-0.3, -0.25) is 0 Å². The van der Waals surface area contributed by atoms with Crippen LogP contribution in [0.25, 0.3) is 0 Å². The highest BCUT2D eigenvalue weighted by atomic mass is 35.5. The summed E-state index contributed by atoms with van der Waals surface area (Å²) in [6, 6.07) is 3.74. The third kappa shape index (κ3) is 1.95. The van der Waals surface area contributed by atoms with Crippen molar-refractivity contribution in [1.29, 1.82) is 0 Å². The first kappa shape index (κ1) is 10.4. The molecule has 0 saturated carbocycles. The molecule has 3 heteroatoms. The van der Waals surface area contributed by atoms with E-state index in [0.29, 0.717) is 10.7 Å². The maximum absolute atomic E-state index is 10.7. The van der Waals surface area contributed by atoms with Crippen LogP contribution in [0.1, 0.15) is 25.0 Å². The molecule has 0 aliphatic carbocycles. The molecule has 1 aromatic carbocycles. The minimum atomic E-state index is 0.650. The highest BCUT2D eigenvalue weighted by Gasteiger charge is 2.06. The minimum Gasteiger partial charge on any atom is -0.761 e. The van der Waals surface area contributed by atoms with Crippen LogP contribution in [0, 0.1) is 5.21 Å². The molecule has 0 amide bonds. The average Bonchev–Trinajstić information content (AvgIpc) is 2.17. The summed E-state index contributed by atoms with van der Waals surface area (Å²) < 4.78 is 0. The number of aryl methyl sites for hydroxylation is 1. The fourth-order valence-electron chi connectivity index (χ4n) is 1.44. The molecular weight excluding hydrogens is 186 g/mol. The Hall–Kier alpha value is -0.730. The van der Waals surface area contributed by atoms with Gasteiger partial charge >= 0.3 is 0 Å². The van der Waals surface area contributed by atoms with Gasteiger partial charge in [-0.25, -0.2) is 0 Å². The first-order valence-corrected chi connectivity index (χ1v) is 4.80. The Kier molecular flexibility index (Phi) is 3.58. The standard InChI is InChI=1S/C10H13ClNO/c1-3-7-5-6-9(11)8(4-2)10(7)12-13/h5-6,12H,3-4H2,1-2H3/q-1. The smallest absolute Gasteiger partial charge is 0.0458 e. The van der Waals surface area contributed by atoms with Crippen LogP contribution < -0.4 is 5.48 Å². The van der Waals surface area contributed by atoms with Gasteiger partial charge in [0.1, 0.15) is 0 Å². The molecule has 1 rings (SSSR count). The molecule has 0 aliphatic rings. The number of hydrogen-bond acceptors (Lipinski definition) is 2. The molecule has 72 valence electrons. The lowest BCUT2D eigenvalue weighted by Gasteiger charge is -2.19. The largest absolute Gasteiger partial charge is 0.761 e. The van der Waals surface area contributed by atoms with Crippen molar-refractivity contribution in [2.45, 2.75) is 26.7 Å². The van der Waals surface area contributed by atoms with Gasteiger partial charge in [-0.1, -0.05) is 31.5 Å². The summed E-state index contributed by atoms with van der Waals surface area (Å²) in [6.07, 6.45) is 1.62. The zero-order valence-electron chi connectivity index (χ0n) is 7.86. The van der Waals surface area contributed by atoms with E-state index in [-0.39, 0.29) is 0 Å². The van der Waals surface area contributed by atoms with Gasteiger partial charge in [0.05, 0.1) is 0 Å². The van der Waals surface area contributed by atoms with E-state index in [2.05, 4.69) is 0 Å². The van der Waals surface area contributed by atoms with Crippen molar-refractivity contribution in [1.82, 2.24) is 0 Å². The van der Waals surface area contributed by atoms with Crippen LogP contribution in [0.2, 0.25) is 5.02 Å². The van der Waals surface area contributed by atoms with E-state index in [0.717, 1.165) is 24.0 Å². The van der Waals surface area contributed by atoms with Crippen molar-refractivity contribution in [3.63, 3.8) is 0 Å². The zero-order valence-corrected chi connectivity index (χ0v) is 8.61. The van der Waals surface area contributed by atoms with Gasteiger partial charge in [-0.05, 0) is 30.0 Å². The molecule has 1 N–H and O–H groups in total. The molecule has 0 atom stereocenters. The van der Waals surface area contributed by atoms with Crippen molar-refractivity contribution in [2.24, 2.45) is 0 Å². The van der Waals surface area contributed by atoms with E-state index in [1.54, 1.807) is 0 Å². The summed E-state index contributed by atoms with van der Waals surface area (Å²) in [6.45, 7) is 4.00. The van der Waals surface area contributed by atoms with E-state index < -0.39 is 0 Å². The van der Waals surface area contributed by atoms with E-state index in [4.69, 9.17) is 11.6 Å². The van der Waals surface area contributed by atoms with Gasteiger partial charge in [0.25, 0.3) is 0 Å². The molecule has 2 nitrogen and oxygen atoms in total. The SMILES string of the molecule is CCc1ccc(Cl)c(CC)c1N[O-]. The summed E-state index contributed by atoms with van der Waals surface area (Å²) >= 11 is 5.96. The Balaban J connectivity index is 3.27. The van der Waals surface area contributed by atoms with Gasteiger partial charge in [0.2, 0.25) is 0 Å². The second-order valence-electron chi connectivity index (χ2n) is 2.87. The van der Waals surface area contributed by atoms with E-state index in [1.807, 2.05) is 31.5 Å². The Morgan fingerprint density at radius 2 is 2.00 bits per heavy atom. The molecule has 1 aromatic rings. The summed E-state index contributed by atoms with van der Waals surface area (Å²) in [7, 11) is 0. The van der Waals surface area contributed by atoms with Gasteiger partial charge in [0, 0.05) is 10.7 Å². The Morgan fingerprint density at radius 3 is 2.46 bits per heavy atom. The predicted octanol–water partition coefficient (Wildman–Crippen LogP) is 3.37. The Bertz CT molecular complexity index is 299. The number of hydrogen-bond donors (Lipinski definition) is 1. The quantitative estimate of drug-likeness (QED) is 0.756. The van der Waals surface area contributed by atoms with E-state index in [1.165, 1.54) is 0 Å². The van der Waals surface area contributed by atoms with Gasteiger partial charge < -0.3 is 10.7 Å². The van der Waals surface area contributed by atoms with Crippen molar-refractivity contribution in [3.8, 4) is 0 Å². The molecule has 0 radical (unpaired) electrons. The highest BCUT2D eigenvalue weighted by Crippen LogP contribution is 2.28. The highest BCUT2D eigenvalue weighted by molar-refractivity contribution is 6.31. The van der Waals surface area contributed by atoms with Crippen LogP contribution in [0.4, 0.5) is 5.69 Å². The molecule has 0 aliphatic heterocycles. The fraction of sp³-hybridized carbons (Fsp3) is 0.400. The van der Waals surface area contributed by atoms with Crippen LogP contribution in [0.15, 0.2) is 12.1 Å². The minimum absolute atomic E-state index is 0.650. The number of halogens is 1. The monoisotopic (exact) mass is 198 g/mol. The van der Waals surface area contributed by atoms with Crippen LogP contribution >= 0.6 is 11.6 Å². The molecule has 0 spiro atoms. The maximum Gasteiger partial charge on any atom is 0.0458 e. The van der Waals surface area contributed by atoms with Crippen LogP contribution in [0.3, 0.4) is 0 Å². The van der Waals surface area contributed by atoms with Gasteiger partial charge in [0.15, 0.2) is 0 Å². The molecule has 13 heavy (non-hydrogen) atoms. The molecule has 0 aromatic heterocycles. The maximum atomic E-state index is 10.7. The molecule has 0 fully saturated rings. The molecule has 0 heterocycles. The normalized spacial score (nSPS) is 10.2. The van der Waals surface area contributed by atoms with Crippen molar-refractivity contribution < 1.29 is 0 Å². The number of rotatable bonds is 3. The third-order valence-electron chi connectivity index (χ3n) is 2.18. The lowest BCUT2D eigenvalue weighted by Crippen LogP contribution is -1.98. The second kappa shape index (κ2) is 4.49. The summed E-state index contributed by atoms with van der Waals surface area (Å²) in [4.78, 5) is 0. The van der Waals surface area contributed by atoms with E-state index in [9.17, 15) is 5.21 Å². The first-order chi connectivity index (χ1) is 6.24. The number of anilines is 1. The number of benzene rings is 1. The lowest BCUT2D eigenvalue weighted by molar-refractivity contribution is 1.09. The molecule has 0 bridgehead atoms. The van der Waals surface area contributed by atoms with Crippen LogP contribution in [0.5, 0.6) is 0 Å². The van der Waals surface area contributed by atoms with Crippen molar-refractivity contribution >= 4 is 17.3 Å². The third-order valence-corrected chi connectivity index (χ3v) is 2.53. The average molecular weight is 199 g/mol. The second-order valence-corrected chi connectivity index (χ2v) is 3.28. The van der Waals surface area contributed by atoms with Crippen molar-refractivity contribution in [2.75, 3.05) is 5.48 Å².